The lowest BCUT2D eigenvalue weighted by Crippen LogP contribution is -2.42. The van der Waals surface area contributed by atoms with E-state index in [-0.39, 0.29) is 18.2 Å². The van der Waals surface area contributed by atoms with Crippen molar-refractivity contribution in [3.05, 3.63) is 53.2 Å². The third kappa shape index (κ3) is 2.61. The number of methoxy groups -OCH3 is 3. The molecule has 1 amide bonds. The number of aromatic nitrogens is 1. The molecule has 1 unspecified atom stereocenters. The van der Waals surface area contributed by atoms with Crippen LogP contribution >= 0.6 is 0 Å². The van der Waals surface area contributed by atoms with Crippen molar-refractivity contribution >= 4 is 17.0 Å². The molecule has 5 rings (SSSR count). The fourth-order valence-electron chi connectivity index (χ4n) is 4.50. The summed E-state index contributed by atoms with van der Waals surface area (Å²) in [5.41, 5.74) is 4.15. The Morgan fingerprint density at radius 1 is 1.03 bits per heavy atom. The van der Waals surface area contributed by atoms with Crippen LogP contribution in [0.2, 0.25) is 0 Å². The van der Waals surface area contributed by atoms with Gasteiger partial charge in [-0.15, -0.1) is 0 Å². The number of hydrogen-bond acceptors (Lipinski definition) is 5. The van der Waals surface area contributed by atoms with Gasteiger partial charge in [0.05, 0.1) is 27.4 Å². The summed E-state index contributed by atoms with van der Waals surface area (Å²) in [6, 6.07) is 11.4. The van der Waals surface area contributed by atoms with E-state index < -0.39 is 0 Å². The van der Waals surface area contributed by atoms with Crippen molar-refractivity contribution in [1.82, 2.24) is 9.88 Å². The molecule has 1 N–H and O–H groups in total. The maximum Gasteiger partial charge on any atom is 0.411 e. The van der Waals surface area contributed by atoms with Crippen LogP contribution in [0, 0.1) is 0 Å². The number of aromatic amines is 1. The van der Waals surface area contributed by atoms with Gasteiger partial charge in [-0.05, 0) is 47.9 Å². The monoisotopic (exact) mass is 394 g/mol. The summed E-state index contributed by atoms with van der Waals surface area (Å²) in [5.74, 6) is 2.08. The van der Waals surface area contributed by atoms with Crippen molar-refractivity contribution < 1.29 is 23.7 Å². The number of hydrogen-bond donors (Lipinski definition) is 1. The molecule has 2 aromatic carbocycles. The predicted molar refractivity (Wildman–Crippen MR) is 107 cm³/mol. The number of nitrogens with one attached hydrogen (secondary N) is 1. The number of ether oxygens (including phenoxy) is 4. The maximum absolute atomic E-state index is 12.6. The molecule has 7 heteroatoms. The molecule has 0 radical (unpaired) electrons. The first-order valence-corrected chi connectivity index (χ1v) is 9.50. The number of H-pyrrole nitrogens is 1. The Morgan fingerprint density at radius 2 is 1.86 bits per heavy atom. The van der Waals surface area contributed by atoms with Crippen molar-refractivity contribution in [3.63, 3.8) is 0 Å². The van der Waals surface area contributed by atoms with E-state index in [0.29, 0.717) is 18.1 Å². The minimum Gasteiger partial charge on any atom is -0.497 e. The number of carbonyl (C=O) groups is 1. The van der Waals surface area contributed by atoms with Crippen molar-refractivity contribution in [1.29, 1.82) is 0 Å². The molecule has 2 atom stereocenters. The van der Waals surface area contributed by atoms with Gasteiger partial charge in [0.25, 0.3) is 0 Å². The molecule has 0 saturated carbocycles. The SMILES string of the molecule is COc1ccc2[nH]c3c(c2c1)CC1COC(=O)N1[C@@H]3c1ccc(OC)c(OC)c1. The van der Waals surface area contributed by atoms with E-state index >= 15 is 0 Å². The van der Waals surface area contributed by atoms with Crippen LogP contribution in [0.5, 0.6) is 17.2 Å². The van der Waals surface area contributed by atoms with Crippen LogP contribution in [-0.4, -0.2) is 50.0 Å². The highest BCUT2D eigenvalue weighted by atomic mass is 16.6. The number of carbonyl (C=O) groups excluding carboxylic acids is 1. The summed E-state index contributed by atoms with van der Waals surface area (Å²) in [4.78, 5) is 18.0. The van der Waals surface area contributed by atoms with Crippen molar-refractivity contribution in [2.75, 3.05) is 27.9 Å². The minimum atomic E-state index is -0.295. The molecule has 2 aliphatic rings. The number of rotatable bonds is 4. The summed E-state index contributed by atoms with van der Waals surface area (Å²) in [7, 11) is 4.88. The molecule has 150 valence electrons. The molecule has 3 aromatic rings. The molecule has 1 fully saturated rings. The Balaban J connectivity index is 1.72. The van der Waals surface area contributed by atoms with E-state index in [9.17, 15) is 4.79 Å². The zero-order valence-corrected chi connectivity index (χ0v) is 16.5. The third-order valence-corrected chi connectivity index (χ3v) is 5.86. The van der Waals surface area contributed by atoms with E-state index in [1.54, 1.807) is 21.3 Å². The molecule has 0 spiro atoms. The van der Waals surface area contributed by atoms with E-state index in [1.807, 2.05) is 41.3 Å². The van der Waals surface area contributed by atoms with Gasteiger partial charge in [-0.1, -0.05) is 6.07 Å². The lowest BCUT2D eigenvalue weighted by molar-refractivity contribution is 0.147. The zero-order valence-electron chi connectivity index (χ0n) is 16.5. The normalized spacial score (nSPS) is 20.2. The second-order valence-corrected chi connectivity index (χ2v) is 7.29. The van der Waals surface area contributed by atoms with Crippen molar-refractivity contribution in [2.45, 2.75) is 18.5 Å². The number of amides is 1. The van der Waals surface area contributed by atoms with Gasteiger partial charge in [0, 0.05) is 16.6 Å². The topological polar surface area (TPSA) is 73.0 Å². The van der Waals surface area contributed by atoms with Crippen molar-refractivity contribution in [2.24, 2.45) is 0 Å². The molecule has 0 aliphatic carbocycles. The highest BCUT2D eigenvalue weighted by Crippen LogP contribution is 2.45. The van der Waals surface area contributed by atoms with Crippen LogP contribution in [0.1, 0.15) is 22.9 Å². The smallest absolute Gasteiger partial charge is 0.411 e. The molecule has 1 saturated heterocycles. The highest BCUT2D eigenvalue weighted by Gasteiger charge is 2.45. The molecule has 0 bridgehead atoms. The minimum absolute atomic E-state index is 0.0155. The third-order valence-electron chi connectivity index (χ3n) is 5.86. The van der Waals surface area contributed by atoms with Gasteiger partial charge >= 0.3 is 6.09 Å². The number of cyclic esters (lactones) is 1. The summed E-state index contributed by atoms with van der Waals surface area (Å²) in [6.07, 6.45) is 0.439. The summed E-state index contributed by atoms with van der Waals surface area (Å²) >= 11 is 0. The van der Waals surface area contributed by atoms with Crippen LogP contribution in [0.25, 0.3) is 10.9 Å². The zero-order chi connectivity index (χ0) is 20.1. The molecular formula is C22H22N2O5. The van der Waals surface area contributed by atoms with Crippen LogP contribution in [-0.2, 0) is 11.2 Å². The van der Waals surface area contributed by atoms with Crippen LogP contribution < -0.4 is 14.2 Å². The second-order valence-electron chi connectivity index (χ2n) is 7.29. The fraction of sp³-hybridized carbons (Fsp3) is 0.318. The molecule has 3 heterocycles. The first-order chi connectivity index (χ1) is 14.1. The average molecular weight is 394 g/mol. The van der Waals surface area contributed by atoms with Crippen LogP contribution in [0.3, 0.4) is 0 Å². The van der Waals surface area contributed by atoms with Gasteiger partial charge in [-0.3, -0.25) is 4.90 Å². The number of nitrogens with zero attached hydrogens (tertiary/aromatic N) is 1. The largest absolute Gasteiger partial charge is 0.497 e. The van der Waals surface area contributed by atoms with Crippen LogP contribution in [0.4, 0.5) is 4.79 Å². The van der Waals surface area contributed by atoms with Gasteiger partial charge in [0.1, 0.15) is 18.4 Å². The van der Waals surface area contributed by atoms with Crippen LogP contribution in [0.15, 0.2) is 36.4 Å². The molecule has 1 aromatic heterocycles. The van der Waals surface area contributed by atoms with Gasteiger partial charge in [0.2, 0.25) is 0 Å². The number of benzene rings is 2. The summed E-state index contributed by atoms with van der Waals surface area (Å²) < 4.78 is 21.7. The lowest BCUT2D eigenvalue weighted by Gasteiger charge is -2.35. The first-order valence-electron chi connectivity index (χ1n) is 9.50. The van der Waals surface area contributed by atoms with E-state index in [4.69, 9.17) is 18.9 Å². The van der Waals surface area contributed by atoms with Gasteiger partial charge < -0.3 is 23.9 Å². The molecular weight excluding hydrogens is 372 g/mol. The molecule has 2 aliphatic heterocycles. The van der Waals surface area contributed by atoms with Crippen molar-refractivity contribution in [3.8, 4) is 17.2 Å². The quantitative estimate of drug-likeness (QED) is 0.731. The Labute approximate surface area is 168 Å². The van der Waals surface area contributed by atoms with E-state index in [2.05, 4.69) is 4.98 Å². The Bertz CT molecular complexity index is 1110. The predicted octanol–water partition coefficient (Wildman–Crippen LogP) is 3.66. The lowest BCUT2D eigenvalue weighted by atomic mass is 9.89. The van der Waals surface area contributed by atoms with Gasteiger partial charge in [-0.2, -0.15) is 0 Å². The average Bonchev–Trinajstić information content (AvgIpc) is 3.31. The standard InChI is InChI=1S/C22H22N2O5/c1-26-14-5-6-17-15(10-14)16-9-13-11-29-22(25)24(13)21(20(16)23-17)12-4-7-18(27-2)19(8-12)28-3/h4-8,10,13,21,23H,9,11H2,1-3H3/t13?,21-/m1/s1. The maximum atomic E-state index is 12.6. The number of fused-ring (bicyclic) bond motifs is 4. The highest BCUT2D eigenvalue weighted by molar-refractivity contribution is 5.87. The second kappa shape index (κ2) is 6.62. The Kier molecular flexibility index (Phi) is 4.04. The van der Waals surface area contributed by atoms with E-state index in [0.717, 1.165) is 34.3 Å². The first kappa shape index (κ1) is 17.7. The Hall–Kier alpha value is -3.35. The van der Waals surface area contributed by atoms with E-state index in [1.165, 1.54) is 5.56 Å². The fourth-order valence-corrected chi connectivity index (χ4v) is 4.50. The van der Waals surface area contributed by atoms with Gasteiger partial charge in [-0.25, -0.2) is 4.79 Å². The van der Waals surface area contributed by atoms with Gasteiger partial charge in [0.15, 0.2) is 11.5 Å². The summed E-state index contributed by atoms with van der Waals surface area (Å²) in [6.45, 7) is 0.388. The molecule has 29 heavy (non-hydrogen) atoms. The Morgan fingerprint density at radius 3 is 2.62 bits per heavy atom. The molecule has 7 nitrogen and oxygen atoms in total. The summed E-state index contributed by atoms with van der Waals surface area (Å²) in [5, 5.41) is 1.11.